The van der Waals surface area contributed by atoms with E-state index in [4.69, 9.17) is 11.6 Å². The Labute approximate surface area is 75.9 Å². The number of nitrogens with zero attached hydrogens (tertiary/aromatic N) is 1. The molecular formula is C7H13BrClN. The summed E-state index contributed by atoms with van der Waals surface area (Å²) in [5, 5.41) is 0.354. The molecule has 1 aliphatic rings. The van der Waals surface area contributed by atoms with Crippen LogP contribution < -0.4 is 0 Å². The molecule has 0 aliphatic carbocycles. The molecule has 3 heteroatoms. The molecule has 10 heavy (non-hydrogen) atoms. The monoisotopic (exact) mass is 225 g/mol. The molecule has 0 aromatic rings. The zero-order chi connectivity index (χ0) is 7.56. The van der Waals surface area contributed by atoms with Crippen LogP contribution in [0.15, 0.2) is 0 Å². The Kier molecular flexibility index (Phi) is 3.47. The van der Waals surface area contributed by atoms with E-state index in [0.29, 0.717) is 10.3 Å². The van der Waals surface area contributed by atoms with Gasteiger partial charge in [0.2, 0.25) is 0 Å². The second-order valence-corrected chi connectivity index (χ2v) is 4.58. The standard InChI is InChI=1S/C7H13BrClN/c1-10-5-6(9)3-2-4-7(10)8/h6-7H,2-5H2,1H3/t6?,7-/m1/s1. The number of alkyl halides is 2. The molecular weight excluding hydrogens is 213 g/mol. The molecule has 2 atom stereocenters. The van der Waals surface area contributed by atoms with Gasteiger partial charge >= 0.3 is 0 Å². The fourth-order valence-electron chi connectivity index (χ4n) is 1.25. The highest BCUT2D eigenvalue weighted by atomic mass is 79.9. The van der Waals surface area contributed by atoms with Crippen LogP contribution in [-0.4, -0.2) is 28.8 Å². The molecule has 0 aromatic heterocycles. The topological polar surface area (TPSA) is 3.24 Å². The van der Waals surface area contributed by atoms with Gasteiger partial charge in [-0.3, -0.25) is 4.90 Å². The lowest BCUT2D eigenvalue weighted by Gasteiger charge is -2.20. The largest absolute Gasteiger partial charge is 0.293 e. The molecule has 1 unspecified atom stereocenters. The maximum atomic E-state index is 6.02. The average molecular weight is 227 g/mol. The van der Waals surface area contributed by atoms with Crippen molar-refractivity contribution in [2.45, 2.75) is 29.6 Å². The van der Waals surface area contributed by atoms with E-state index in [2.05, 4.69) is 27.9 Å². The van der Waals surface area contributed by atoms with Gasteiger partial charge in [-0.2, -0.15) is 0 Å². The molecule has 0 spiro atoms. The second kappa shape index (κ2) is 3.93. The molecule has 1 fully saturated rings. The zero-order valence-corrected chi connectivity index (χ0v) is 8.53. The van der Waals surface area contributed by atoms with Crippen LogP contribution in [0.2, 0.25) is 0 Å². The molecule has 1 rings (SSSR count). The Morgan fingerprint density at radius 3 is 2.90 bits per heavy atom. The number of likely N-dealkylation sites (tertiary alicyclic amines) is 1. The Balaban J connectivity index is 2.41. The molecule has 0 radical (unpaired) electrons. The van der Waals surface area contributed by atoms with Crippen molar-refractivity contribution >= 4 is 27.5 Å². The van der Waals surface area contributed by atoms with Crippen LogP contribution in [0.3, 0.4) is 0 Å². The second-order valence-electron chi connectivity index (χ2n) is 2.90. The minimum absolute atomic E-state index is 0.354. The normalized spacial score (nSPS) is 37.5. The molecule has 1 heterocycles. The first kappa shape index (κ1) is 8.82. The molecule has 1 saturated heterocycles. The number of hydrogen-bond acceptors (Lipinski definition) is 1. The maximum Gasteiger partial charge on any atom is 0.0653 e. The Morgan fingerprint density at radius 1 is 1.50 bits per heavy atom. The van der Waals surface area contributed by atoms with Crippen molar-refractivity contribution in [2.75, 3.05) is 13.6 Å². The quantitative estimate of drug-likeness (QED) is 0.453. The first-order chi connectivity index (χ1) is 4.70. The molecule has 1 nitrogen and oxygen atoms in total. The maximum absolute atomic E-state index is 6.02. The molecule has 0 amide bonds. The first-order valence-electron chi connectivity index (χ1n) is 3.68. The van der Waals surface area contributed by atoms with Gasteiger partial charge in [-0.1, -0.05) is 15.9 Å². The summed E-state index contributed by atoms with van der Waals surface area (Å²) in [6.07, 6.45) is 3.63. The summed E-state index contributed by atoms with van der Waals surface area (Å²) < 4.78 is 0. The minimum atomic E-state index is 0.354. The highest BCUT2D eigenvalue weighted by molar-refractivity contribution is 9.09. The number of halogens is 2. The van der Waals surface area contributed by atoms with Gasteiger partial charge in [0, 0.05) is 11.9 Å². The van der Waals surface area contributed by atoms with Gasteiger partial charge in [-0.25, -0.2) is 0 Å². The van der Waals surface area contributed by atoms with Crippen LogP contribution in [0, 0.1) is 0 Å². The first-order valence-corrected chi connectivity index (χ1v) is 5.03. The minimum Gasteiger partial charge on any atom is -0.293 e. The van der Waals surface area contributed by atoms with E-state index in [9.17, 15) is 0 Å². The summed E-state index contributed by atoms with van der Waals surface area (Å²) in [7, 11) is 2.11. The van der Waals surface area contributed by atoms with Crippen LogP contribution in [0.25, 0.3) is 0 Å². The van der Waals surface area contributed by atoms with Gasteiger partial charge in [0.1, 0.15) is 0 Å². The molecule has 1 aliphatic heterocycles. The van der Waals surface area contributed by atoms with E-state index < -0.39 is 0 Å². The fraction of sp³-hybridized carbons (Fsp3) is 1.00. The summed E-state index contributed by atoms with van der Waals surface area (Å²) in [5.41, 5.74) is 0. The Morgan fingerprint density at radius 2 is 2.20 bits per heavy atom. The van der Waals surface area contributed by atoms with E-state index in [1.807, 2.05) is 0 Å². The van der Waals surface area contributed by atoms with Crippen molar-refractivity contribution in [3.05, 3.63) is 0 Å². The van der Waals surface area contributed by atoms with Gasteiger partial charge in [0.05, 0.1) is 4.95 Å². The van der Waals surface area contributed by atoms with Crippen LogP contribution in [-0.2, 0) is 0 Å². The predicted octanol–water partition coefficient (Wildman–Crippen LogP) is 2.43. The van der Waals surface area contributed by atoms with E-state index >= 15 is 0 Å². The third-order valence-electron chi connectivity index (χ3n) is 1.92. The van der Waals surface area contributed by atoms with Crippen molar-refractivity contribution in [1.29, 1.82) is 0 Å². The lowest BCUT2D eigenvalue weighted by atomic mass is 10.2. The Bertz CT molecular complexity index is 110. The number of hydrogen-bond donors (Lipinski definition) is 0. The highest BCUT2D eigenvalue weighted by Crippen LogP contribution is 2.21. The van der Waals surface area contributed by atoms with E-state index in [1.165, 1.54) is 12.8 Å². The van der Waals surface area contributed by atoms with Crippen LogP contribution >= 0.6 is 27.5 Å². The van der Waals surface area contributed by atoms with E-state index in [1.54, 1.807) is 0 Å². The predicted molar refractivity (Wildman–Crippen MR) is 48.8 cm³/mol. The number of rotatable bonds is 0. The lowest BCUT2D eigenvalue weighted by molar-refractivity contribution is 0.329. The molecule has 0 bridgehead atoms. The van der Waals surface area contributed by atoms with Crippen LogP contribution in [0.4, 0.5) is 0 Å². The van der Waals surface area contributed by atoms with Gasteiger partial charge < -0.3 is 0 Å². The van der Waals surface area contributed by atoms with Crippen molar-refractivity contribution in [1.82, 2.24) is 4.90 Å². The summed E-state index contributed by atoms with van der Waals surface area (Å²) in [6, 6.07) is 0. The van der Waals surface area contributed by atoms with E-state index in [-0.39, 0.29) is 0 Å². The van der Waals surface area contributed by atoms with Crippen molar-refractivity contribution in [2.24, 2.45) is 0 Å². The zero-order valence-electron chi connectivity index (χ0n) is 6.19. The van der Waals surface area contributed by atoms with Gasteiger partial charge in [-0.15, -0.1) is 11.6 Å². The molecule has 0 saturated carbocycles. The van der Waals surface area contributed by atoms with Crippen molar-refractivity contribution in [3.8, 4) is 0 Å². The smallest absolute Gasteiger partial charge is 0.0653 e. The van der Waals surface area contributed by atoms with Gasteiger partial charge in [0.25, 0.3) is 0 Å². The average Bonchev–Trinajstić information content (AvgIpc) is 1.96. The highest BCUT2D eigenvalue weighted by Gasteiger charge is 2.18. The third-order valence-corrected chi connectivity index (χ3v) is 3.44. The van der Waals surface area contributed by atoms with Gasteiger partial charge in [0.15, 0.2) is 0 Å². The lowest BCUT2D eigenvalue weighted by Crippen LogP contribution is -2.29. The van der Waals surface area contributed by atoms with Crippen molar-refractivity contribution < 1.29 is 0 Å². The fourth-order valence-corrected chi connectivity index (χ4v) is 2.11. The van der Waals surface area contributed by atoms with E-state index in [0.717, 1.165) is 13.0 Å². The summed E-state index contributed by atoms with van der Waals surface area (Å²) in [4.78, 5) is 2.81. The third kappa shape index (κ3) is 2.40. The van der Waals surface area contributed by atoms with Gasteiger partial charge in [-0.05, 0) is 26.3 Å². The molecule has 0 aromatic carbocycles. The summed E-state index contributed by atoms with van der Waals surface area (Å²) in [5.74, 6) is 0. The van der Waals surface area contributed by atoms with Crippen LogP contribution in [0.5, 0.6) is 0 Å². The summed E-state index contributed by atoms with van der Waals surface area (Å²) >= 11 is 9.62. The Hall–Kier alpha value is 0.730. The summed E-state index contributed by atoms with van der Waals surface area (Å²) in [6.45, 7) is 1.01. The van der Waals surface area contributed by atoms with Crippen LogP contribution in [0.1, 0.15) is 19.3 Å². The SMILES string of the molecule is CN1CC(Cl)CCC[C@@H]1Br. The molecule has 60 valence electrons. The molecule has 0 N–H and O–H groups in total. The van der Waals surface area contributed by atoms with Crippen molar-refractivity contribution in [3.63, 3.8) is 0 Å².